The van der Waals surface area contributed by atoms with Gasteiger partial charge < -0.3 is 19.4 Å². The average Bonchev–Trinajstić information content (AvgIpc) is 3.26. The Morgan fingerprint density at radius 1 is 1.10 bits per heavy atom. The number of hydrogen-bond donors (Lipinski definition) is 0. The van der Waals surface area contributed by atoms with Crippen molar-refractivity contribution in [3.05, 3.63) is 65.5 Å². The first-order chi connectivity index (χ1) is 15.0. The van der Waals surface area contributed by atoms with Crippen molar-refractivity contribution in [2.24, 2.45) is 5.16 Å². The molecule has 1 fully saturated rings. The molecule has 0 N–H and O–H groups in total. The van der Waals surface area contributed by atoms with Crippen molar-refractivity contribution in [2.75, 3.05) is 33.3 Å². The molecule has 2 aliphatic rings. The van der Waals surface area contributed by atoms with E-state index in [4.69, 9.17) is 9.57 Å². The van der Waals surface area contributed by atoms with Crippen molar-refractivity contribution in [2.45, 2.75) is 18.9 Å². The van der Waals surface area contributed by atoms with Gasteiger partial charge in [-0.3, -0.25) is 9.59 Å². The molecule has 7 nitrogen and oxygen atoms in total. The maximum absolute atomic E-state index is 13.4. The second-order valence-corrected chi connectivity index (χ2v) is 7.61. The number of carbonyl (C=O) groups is 2. The molecule has 0 aliphatic carbocycles. The Balaban J connectivity index is 1.28. The zero-order valence-electron chi connectivity index (χ0n) is 17.3. The zero-order chi connectivity index (χ0) is 21.8. The molecule has 8 heteroatoms. The molecule has 0 spiro atoms. The number of nitrogens with zero attached hydrogens (tertiary/aromatic N) is 3. The maximum Gasteiger partial charge on any atom is 0.267 e. The van der Waals surface area contributed by atoms with Gasteiger partial charge in [-0.1, -0.05) is 23.4 Å². The van der Waals surface area contributed by atoms with Crippen LogP contribution in [0.1, 0.15) is 22.3 Å². The minimum Gasteiger partial charge on any atom is -0.497 e. The second-order valence-electron chi connectivity index (χ2n) is 7.61. The van der Waals surface area contributed by atoms with Crippen molar-refractivity contribution >= 4 is 17.5 Å². The van der Waals surface area contributed by atoms with Crippen LogP contribution in [-0.2, 0) is 16.1 Å². The highest BCUT2D eigenvalue weighted by Gasteiger charge is 2.34. The highest BCUT2D eigenvalue weighted by molar-refractivity contribution is 5.95. The summed E-state index contributed by atoms with van der Waals surface area (Å²) in [4.78, 5) is 34.4. The maximum atomic E-state index is 13.4. The van der Waals surface area contributed by atoms with Crippen molar-refractivity contribution in [3.8, 4) is 5.75 Å². The van der Waals surface area contributed by atoms with Gasteiger partial charge in [0.25, 0.3) is 11.8 Å². The van der Waals surface area contributed by atoms with Gasteiger partial charge in [-0.2, -0.15) is 0 Å². The summed E-state index contributed by atoms with van der Waals surface area (Å²) in [6.45, 7) is 1.78. The van der Waals surface area contributed by atoms with Gasteiger partial charge >= 0.3 is 0 Å². The highest BCUT2D eigenvalue weighted by atomic mass is 19.1. The van der Waals surface area contributed by atoms with E-state index in [1.807, 2.05) is 6.07 Å². The van der Waals surface area contributed by atoms with E-state index in [1.54, 1.807) is 47.2 Å². The standard InChI is InChI=1S/C23H24FN3O4/c1-30-20-7-3-5-17(14-20)22(28)26-8-10-27(11-9-26)23(29)21-15-19(25-31-21)13-16-4-2-6-18(24)12-16/h2-7,12,14,21H,8-11,13,15H2,1H3. The molecule has 0 bridgehead atoms. The lowest BCUT2D eigenvalue weighted by molar-refractivity contribution is -0.143. The van der Waals surface area contributed by atoms with Gasteiger partial charge in [0.2, 0.25) is 6.10 Å². The number of piperazine rings is 1. The van der Waals surface area contributed by atoms with Crippen LogP contribution >= 0.6 is 0 Å². The summed E-state index contributed by atoms with van der Waals surface area (Å²) in [5.41, 5.74) is 2.07. The number of rotatable bonds is 5. The second kappa shape index (κ2) is 9.16. The highest BCUT2D eigenvalue weighted by Crippen LogP contribution is 2.19. The van der Waals surface area contributed by atoms with Gasteiger partial charge in [-0.25, -0.2) is 4.39 Å². The number of amides is 2. The first-order valence-corrected chi connectivity index (χ1v) is 10.2. The van der Waals surface area contributed by atoms with Gasteiger partial charge in [-0.05, 0) is 35.9 Å². The summed E-state index contributed by atoms with van der Waals surface area (Å²) in [7, 11) is 1.56. The fourth-order valence-corrected chi connectivity index (χ4v) is 3.82. The van der Waals surface area contributed by atoms with Crippen LogP contribution in [-0.4, -0.2) is 66.7 Å². The number of hydrogen-bond acceptors (Lipinski definition) is 5. The van der Waals surface area contributed by atoms with E-state index in [0.29, 0.717) is 50.3 Å². The molecule has 2 amide bonds. The lowest BCUT2D eigenvalue weighted by atomic mass is 10.0. The van der Waals surface area contributed by atoms with Crippen LogP contribution in [0.15, 0.2) is 53.7 Å². The van der Waals surface area contributed by atoms with Crippen LogP contribution in [0.25, 0.3) is 0 Å². The van der Waals surface area contributed by atoms with Gasteiger partial charge in [-0.15, -0.1) is 0 Å². The molecule has 1 atom stereocenters. The van der Waals surface area contributed by atoms with Gasteiger partial charge in [0.15, 0.2) is 0 Å². The third kappa shape index (κ3) is 4.84. The normalized spacial score (nSPS) is 18.4. The Morgan fingerprint density at radius 2 is 1.84 bits per heavy atom. The van der Waals surface area contributed by atoms with Crippen molar-refractivity contribution in [1.82, 2.24) is 9.80 Å². The molecular formula is C23H24FN3O4. The molecule has 2 aromatic carbocycles. The Morgan fingerprint density at radius 3 is 2.58 bits per heavy atom. The van der Waals surface area contributed by atoms with Crippen LogP contribution in [0.3, 0.4) is 0 Å². The molecule has 1 saturated heterocycles. The van der Waals surface area contributed by atoms with E-state index in [9.17, 15) is 14.0 Å². The number of methoxy groups -OCH3 is 1. The van der Waals surface area contributed by atoms with E-state index in [-0.39, 0.29) is 17.6 Å². The minimum atomic E-state index is -0.663. The molecule has 2 heterocycles. The quantitative estimate of drug-likeness (QED) is 0.738. The fraction of sp³-hybridized carbons (Fsp3) is 0.348. The number of ether oxygens (including phenoxy) is 1. The Kier molecular flexibility index (Phi) is 6.16. The summed E-state index contributed by atoms with van der Waals surface area (Å²) in [5, 5.41) is 4.03. The largest absolute Gasteiger partial charge is 0.497 e. The molecule has 162 valence electrons. The molecular weight excluding hydrogens is 401 g/mol. The third-order valence-corrected chi connectivity index (χ3v) is 5.50. The van der Waals surface area contributed by atoms with Crippen LogP contribution in [0, 0.1) is 5.82 Å². The summed E-state index contributed by atoms with van der Waals surface area (Å²) in [5.74, 6) is 0.119. The summed E-state index contributed by atoms with van der Waals surface area (Å²) >= 11 is 0. The SMILES string of the molecule is COc1cccc(C(=O)N2CCN(C(=O)C3CC(Cc4cccc(F)c4)=NO3)CC2)c1. The predicted octanol–water partition coefficient (Wildman–Crippen LogP) is 2.51. The molecule has 2 aromatic rings. The lowest BCUT2D eigenvalue weighted by Crippen LogP contribution is -2.53. The Labute approximate surface area is 180 Å². The number of halogens is 1. The molecule has 4 rings (SSSR count). The van der Waals surface area contributed by atoms with Crippen molar-refractivity contribution < 1.29 is 23.6 Å². The Hall–Kier alpha value is -3.42. The van der Waals surface area contributed by atoms with E-state index < -0.39 is 6.10 Å². The molecule has 2 aliphatic heterocycles. The number of benzene rings is 2. The lowest BCUT2D eigenvalue weighted by Gasteiger charge is -2.35. The number of oxime groups is 1. The predicted molar refractivity (Wildman–Crippen MR) is 113 cm³/mol. The molecule has 0 saturated carbocycles. The van der Waals surface area contributed by atoms with Crippen molar-refractivity contribution in [3.63, 3.8) is 0 Å². The number of carbonyl (C=O) groups excluding carboxylic acids is 2. The topological polar surface area (TPSA) is 71.4 Å². The van der Waals surface area contributed by atoms with E-state index in [2.05, 4.69) is 5.16 Å². The molecule has 31 heavy (non-hydrogen) atoms. The monoisotopic (exact) mass is 425 g/mol. The average molecular weight is 425 g/mol. The third-order valence-electron chi connectivity index (χ3n) is 5.50. The van der Waals surface area contributed by atoms with Gasteiger partial charge in [0.1, 0.15) is 11.6 Å². The van der Waals surface area contributed by atoms with Crippen molar-refractivity contribution in [1.29, 1.82) is 0 Å². The van der Waals surface area contributed by atoms with Crippen LogP contribution < -0.4 is 4.74 Å². The minimum absolute atomic E-state index is 0.0798. The summed E-state index contributed by atoms with van der Waals surface area (Å²) < 4.78 is 18.5. The molecule has 1 unspecified atom stereocenters. The van der Waals surface area contributed by atoms with E-state index >= 15 is 0 Å². The van der Waals surface area contributed by atoms with Crippen LogP contribution in [0.2, 0.25) is 0 Å². The smallest absolute Gasteiger partial charge is 0.267 e. The van der Waals surface area contributed by atoms with Gasteiger partial charge in [0.05, 0.1) is 12.8 Å². The Bertz CT molecular complexity index is 1000. The first kappa shape index (κ1) is 20.8. The molecule has 0 aromatic heterocycles. The van der Waals surface area contributed by atoms with Crippen LogP contribution in [0.4, 0.5) is 4.39 Å². The summed E-state index contributed by atoms with van der Waals surface area (Å²) in [6.07, 6.45) is 0.173. The van der Waals surface area contributed by atoms with Crippen LogP contribution in [0.5, 0.6) is 5.75 Å². The van der Waals surface area contributed by atoms with E-state index in [0.717, 1.165) is 11.3 Å². The first-order valence-electron chi connectivity index (χ1n) is 10.2. The molecule has 0 radical (unpaired) electrons. The summed E-state index contributed by atoms with van der Waals surface area (Å²) in [6, 6.07) is 13.4. The van der Waals surface area contributed by atoms with Gasteiger partial charge in [0, 0.05) is 44.6 Å². The fourth-order valence-electron chi connectivity index (χ4n) is 3.82. The van der Waals surface area contributed by atoms with E-state index in [1.165, 1.54) is 12.1 Å². The zero-order valence-corrected chi connectivity index (χ0v) is 17.3.